The van der Waals surface area contributed by atoms with Crippen LogP contribution in [-0.2, 0) is 22.7 Å². The van der Waals surface area contributed by atoms with E-state index in [-0.39, 0.29) is 48.9 Å². The van der Waals surface area contributed by atoms with Crippen LogP contribution in [-0.4, -0.2) is 46.2 Å². The molecule has 0 saturated carbocycles. The molecule has 4 N–H and O–H groups in total. The van der Waals surface area contributed by atoms with Crippen LogP contribution in [0.1, 0.15) is 33.2 Å². The Hall–Kier alpha value is -2.45. The highest BCUT2D eigenvalue weighted by molar-refractivity contribution is 5.88. The molecule has 0 aliphatic carbocycles. The maximum absolute atomic E-state index is 11.2. The van der Waals surface area contributed by atoms with E-state index in [1.807, 2.05) is 30.3 Å². The molecule has 0 radical (unpaired) electrons. The molecule has 0 amide bonds. The summed E-state index contributed by atoms with van der Waals surface area (Å²) in [6.07, 6.45) is -0.412. The van der Waals surface area contributed by atoms with Gasteiger partial charge in [0, 0.05) is 11.1 Å². The van der Waals surface area contributed by atoms with Crippen LogP contribution in [0, 0.1) is 0 Å². The number of aromatic carboxylic acids is 1. The number of aliphatic hydroxyl groups excluding tert-OH is 2. The number of benzene rings is 2. The molecule has 0 aliphatic rings. The number of aromatic hydroxyl groups is 1. The number of hydrogen-bond donors (Lipinski definition) is 4. The van der Waals surface area contributed by atoms with Gasteiger partial charge in [-0.2, -0.15) is 0 Å². The average molecular weight is 362 g/mol. The van der Waals surface area contributed by atoms with Crippen LogP contribution >= 0.6 is 0 Å². The first kappa shape index (κ1) is 19.9. The highest BCUT2D eigenvalue weighted by Gasteiger charge is 2.16. The monoisotopic (exact) mass is 362 g/mol. The summed E-state index contributed by atoms with van der Waals surface area (Å²) in [7, 11) is 0. The molecule has 0 saturated heterocycles. The van der Waals surface area contributed by atoms with Crippen molar-refractivity contribution in [3.8, 4) is 5.75 Å². The van der Waals surface area contributed by atoms with Gasteiger partial charge >= 0.3 is 5.97 Å². The van der Waals surface area contributed by atoms with Crippen LogP contribution in [0.3, 0.4) is 0 Å². The van der Waals surface area contributed by atoms with Gasteiger partial charge in [0.15, 0.2) is 0 Å². The number of carboxylic acids is 1. The van der Waals surface area contributed by atoms with E-state index in [1.54, 1.807) is 0 Å². The van der Waals surface area contributed by atoms with E-state index in [0.29, 0.717) is 0 Å². The van der Waals surface area contributed by atoms with E-state index in [0.717, 1.165) is 5.56 Å². The third-order valence-corrected chi connectivity index (χ3v) is 3.79. The summed E-state index contributed by atoms with van der Waals surface area (Å²) in [5.74, 6) is -1.35. The largest absolute Gasteiger partial charge is 0.507 e. The van der Waals surface area contributed by atoms with Gasteiger partial charge in [-0.3, -0.25) is 0 Å². The molecular weight excluding hydrogens is 340 g/mol. The Morgan fingerprint density at radius 1 is 1.08 bits per heavy atom. The lowest BCUT2D eigenvalue weighted by molar-refractivity contribution is -0.0340. The summed E-state index contributed by atoms with van der Waals surface area (Å²) in [5, 5.41) is 37.5. The van der Waals surface area contributed by atoms with Crippen LogP contribution in [0.25, 0.3) is 0 Å². The van der Waals surface area contributed by atoms with Crippen molar-refractivity contribution in [3.05, 3.63) is 64.7 Å². The number of ether oxygens (including phenoxy) is 2. The van der Waals surface area contributed by atoms with Crippen LogP contribution in [0.2, 0.25) is 0 Å². The number of hydrogen-bond acceptors (Lipinski definition) is 6. The Morgan fingerprint density at radius 2 is 1.77 bits per heavy atom. The lowest BCUT2D eigenvalue weighted by Gasteiger charge is -2.18. The predicted molar refractivity (Wildman–Crippen MR) is 92.9 cm³/mol. The third kappa shape index (κ3) is 5.27. The summed E-state index contributed by atoms with van der Waals surface area (Å²) in [6.45, 7) is -0.352. The number of phenols is 1. The van der Waals surface area contributed by atoms with Crippen LogP contribution in [0.5, 0.6) is 5.75 Å². The second kappa shape index (κ2) is 9.88. The molecule has 140 valence electrons. The van der Waals surface area contributed by atoms with Crippen molar-refractivity contribution in [3.63, 3.8) is 0 Å². The van der Waals surface area contributed by atoms with Crippen molar-refractivity contribution in [1.82, 2.24) is 0 Å². The first-order chi connectivity index (χ1) is 12.6. The fourth-order valence-electron chi connectivity index (χ4n) is 2.49. The highest BCUT2D eigenvalue weighted by atomic mass is 16.5. The summed E-state index contributed by atoms with van der Waals surface area (Å²) < 4.78 is 11.2. The van der Waals surface area contributed by atoms with E-state index < -0.39 is 18.7 Å². The van der Waals surface area contributed by atoms with E-state index in [4.69, 9.17) is 19.7 Å². The Balaban J connectivity index is 2.09. The number of carbonyl (C=O) groups is 1. The van der Waals surface area contributed by atoms with Gasteiger partial charge in [-0.05, 0) is 17.7 Å². The lowest BCUT2D eigenvalue weighted by Crippen LogP contribution is -2.14. The van der Waals surface area contributed by atoms with Crippen LogP contribution in [0.4, 0.5) is 0 Å². The number of rotatable bonds is 10. The van der Waals surface area contributed by atoms with Crippen LogP contribution < -0.4 is 0 Å². The van der Waals surface area contributed by atoms with Gasteiger partial charge in [0.2, 0.25) is 0 Å². The molecule has 0 fully saturated rings. The molecular formula is C19H22O7. The zero-order valence-corrected chi connectivity index (χ0v) is 14.2. The summed E-state index contributed by atoms with van der Waals surface area (Å²) in [6, 6.07) is 11.9. The minimum Gasteiger partial charge on any atom is -0.507 e. The average Bonchev–Trinajstić information content (AvgIpc) is 2.66. The van der Waals surface area contributed by atoms with Gasteiger partial charge in [0.1, 0.15) is 11.9 Å². The molecule has 2 aromatic carbocycles. The van der Waals surface area contributed by atoms with Gasteiger partial charge in [-0.15, -0.1) is 0 Å². The molecule has 7 heteroatoms. The Labute approximate surface area is 151 Å². The van der Waals surface area contributed by atoms with Crippen molar-refractivity contribution >= 4 is 5.97 Å². The van der Waals surface area contributed by atoms with Gasteiger partial charge < -0.3 is 29.9 Å². The Bertz CT molecular complexity index is 715. The first-order valence-electron chi connectivity index (χ1n) is 8.10. The fourth-order valence-corrected chi connectivity index (χ4v) is 2.49. The molecule has 1 atom stereocenters. The molecule has 0 aliphatic heterocycles. The topological polar surface area (TPSA) is 116 Å². The molecule has 2 aromatic rings. The predicted octanol–water partition coefficient (Wildman–Crippen LogP) is 1.85. The summed E-state index contributed by atoms with van der Waals surface area (Å²) in [5.41, 5.74) is 1.23. The molecule has 0 spiro atoms. The minimum absolute atomic E-state index is 0.0402. The molecule has 0 unspecified atom stereocenters. The third-order valence-electron chi connectivity index (χ3n) is 3.79. The van der Waals surface area contributed by atoms with Crippen molar-refractivity contribution in [2.75, 3.05) is 19.8 Å². The second-order valence-electron chi connectivity index (χ2n) is 5.62. The highest BCUT2D eigenvalue weighted by Crippen LogP contribution is 2.26. The first-order valence-corrected chi connectivity index (χ1v) is 8.10. The normalized spacial score (nSPS) is 12.1. The SMILES string of the molecule is O=C(O)c1cc(CO)c(O)c(COC[C@@H](OCCO)c2ccccc2)c1. The number of aliphatic hydroxyl groups is 2. The van der Waals surface area contributed by atoms with Crippen molar-refractivity contribution < 1.29 is 34.7 Å². The van der Waals surface area contributed by atoms with Crippen molar-refractivity contribution in [1.29, 1.82) is 0 Å². The van der Waals surface area contributed by atoms with Gasteiger partial charge in [0.05, 0.1) is 38.6 Å². The van der Waals surface area contributed by atoms with E-state index in [1.165, 1.54) is 12.1 Å². The molecule has 0 bridgehead atoms. The molecule has 7 nitrogen and oxygen atoms in total. The van der Waals surface area contributed by atoms with E-state index in [9.17, 15) is 15.0 Å². The maximum atomic E-state index is 11.2. The van der Waals surface area contributed by atoms with Crippen molar-refractivity contribution in [2.24, 2.45) is 0 Å². The fraction of sp³-hybridized carbons (Fsp3) is 0.316. The van der Waals surface area contributed by atoms with Crippen LogP contribution in [0.15, 0.2) is 42.5 Å². The molecule has 26 heavy (non-hydrogen) atoms. The smallest absolute Gasteiger partial charge is 0.335 e. The van der Waals surface area contributed by atoms with E-state index in [2.05, 4.69) is 0 Å². The maximum Gasteiger partial charge on any atom is 0.335 e. The van der Waals surface area contributed by atoms with Gasteiger partial charge in [-0.1, -0.05) is 30.3 Å². The quantitative estimate of drug-likeness (QED) is 0.510. The molecule has 0 aromatic heterocycles. The summed E-state index contributed by atoms with van der Waals surface area (Å²) in [4.78, 5) is 11.2. The van der Waals surface area contributed by atoms with Crippen molar-refractivity contribution in [2.45, 2.75) is 19.3 Å². The summed E-state index contributed by atoms with van der Waals surface area (Å²) >= 11 is 0. The lowest BCUT2D eigenvalue weighted by atomic mass is 10.0. The van der Waals surface area contributed by atoms with Gasteiger partial charge in [0.25, 0.3) is 0 Å². The minimum atomic E-state index is -1.16. The van der Waals surface area contributed by atoms with Gasteiger partial charge in [-0.25, -0.2) is 4.79 Å². The molecule has 0 heterocycles. The van der Waals surface area contributed by atoms with E-state index >= 15 is 0 Å². The second-order valence-corrected chi connectivity index (χ2v) is 5.62. The Kier molecular flexibility index (Phi) is 7.55. The standard InChI is InChI=1S/C19H22O7/c20-6-7-26-17(13-4-2-1-3-5-13)12-25-11-16-9-14(19(23)24)8-15(10-21)18(16)22/h1-5,8-9,17,20-22H,6-7,10-12H2,(H,23,24)/t17-/m1/s1. The Morgan fingerprint density at radius 3 is 2.38 bits per heavy atom. The molecule has 2 rings (SSSR count). The number of carboxylic acid groups (broad SMARTS) is 1. The zero-order valence-electron chi connectivity index (χ0n) is 14.2. The zero-order chi connectivity index (χ0) is 18.9.